The van der Waals surface area contributed by atoms with Gasteiger partial charge in [-0.05, 0) is 48.4 Å². The van der Waals surface area contributed by atoms with Crippen LogP contribution in [-0.4, -0.2) is 13.2 Å². The Balaban J connectivity index is 1.71. The van der Waals surface area contributed by atoms with Crippen molar-refractivity contribution in [3.8, 4) is 5.75 Å². The van der Waals surface area contributed by atoms with Crippen molar-refractivity contribution in [3.63, 3.8) is 0 Å². The van der Waals surface area contributed by atoms with E-state index in [2.05, 4.69) is 67.9 Å². The van der Waals surface area contributed by atoms with Crippen molar-refractivity contribution < 1.29 is 4.74 Å². The van der Waals surface area contributed by atoms with Crippen molar-refractivity contribution in [1.82, 2.24) is 5.32 Å². The first-order valence-corrected chi connectivity index (χ1v) is 8.58. The predicted octanol–water partition coefficient (Wildman–Crippen LogP) is 4.99. The Labute approximate surface area is 132 Å². The first kappa shape index (κ1) is 16.1. The smallest absolute Gasteiger partial charge is 0.119 e. The summed E-state index contributed by atoms with van der Waals surface area (Å²) in [5.41, 5.74) is 1.38. The van der Waals surface area contributed by atoms with E-state index in [0.717, 1.165) is 12.3 Å². The van der Waals surface area contributed by atoms with E-state index in [1.807, 2.05) is 0 Å². The molecule has 0 radical (unpaired) electrons. The molecule has 0 amide bonds. The van der Waals surface area contributed by atoms with Crippen LogP contribution in [0.5, 0.6) is 5.75 Å². The van der Waals surface area contributed by atoms with Gasteiger partial charge in [-0.15, -0.1) is 11.3 Å². The summed E-state index contributed by atoms with van der Waals surface area (Å²) in [4.78, 5) is 1.37. The van der Waals surface area contributed by atoms with E-state index in [1.165, 1.54) is 16.9 Å². The standard InChI is InChI=1S/C18H25NOS/c1-4-14(2)16-7-9-17(10-8-16)20-12-11-19-15(3)18-6-5-13-21-18/h5-10,13-15,19H,4,11-12H2,1-3H3. The van der Waals surface area contributed by atoms with Crippen LogP contribution in [0.15, 0.2) is 41.8 Å². The average molecular weight is 303 g/mol. The molecule has 0 saturated carbocycles. The number of benzene rings is 1. The number of nitrogens with one attached hydrogen (secondary N) is 1. The second-order valence-corrected chi connectivity index (χ2v) is 6.40. The highest BCUT2D eigenvalue weighted by atomic mass is 32.1. The molecule has 21 heavy (non-hydrogen) atoms. The van der Waals surface area contributed by atoms with Crippen LogP contribution in [0.25, 0.3) is 0 Å². The molecule has 1 N–H and O–H groups in total. The maximum absolute atomic E-state index is 5.78. The highest BCUT2D eigenvalue weighted by Gasteiger charge is 2.05. The Morgan fingerprint density at radius 1 is 1.14 bits per heavy atom. The number of hydrogen-bond acceptors (Lipinski definition) is 3. The third-order valence-electron chi connectivity index (χ3n) is 3.85. The van der Waals surface area contributed by atoms with E-state index in [0.29, 0.717) is 18.6 Å². The molecule has 0 bridgehead atoms. The summed E-state index contributed by atoms with van der Waals surface area (Å²) in [5.74, 6) is 1.57. The van der Waals surface area contributed by atoms with E-state index in [1.54, 1.807) is 11.3 Å². The van der Waals surface area contributed by atoms with Gasteiger partial charge < -0.3 is 10.1 Å². The summed E-state index contributed by atoms with van der Waals surface area (Å²) in [6.07, 6.45) is 1.17. The quantitative estimate of drug-likeness (QED) is 0.694. The van der Waals surface area contributed by atoms with E-state index in [9.17, 15) is 0 Å². The van der Waals surface area contributed by atoms with Crippen molar-refractivity contribution in [2.24, 2.45) is 0 Å². The summed E-state index contributed by atoms with van der Waals surface area (Å²) in [6, 6.07) is 13.1. The molecule has 1 aromatic carbocycles. The fraction of sp³-hybridized carbons (Fsp3) is 0.444. The zero-order chi connectivity index (χ0) is 15.1. The van der Waals surface area contributed by atoms with Crippen LogP contribution in [0.1, 0.15) is 49.6 Å². The Bertz CT molecular complexity index is 507. The lowest BCUT2D eigenvalue weighted by Gasteiger charge is -2.13. The van der Waals surface area contributed by atoms with Gasteiger partial charge in [0, 0.05) is 17.5 Å². The number of hydrogen-bond donors (Lipinski definition) is 1. The van der Waals surface area contributed by atoms with Crippen LogP contribution in [0.4, 0.5) is 0 Å². The molecular formula is C18H25NOS. The van der Waals surface area contributed by atoms with Gasteiger partial charge >= 0.3 is 0 Å². The zero-order valence-electron chi connectivity index (χ0n) is 13.1. The Hall–Kier alpha value is -1.32. The van der Waals surface area contributed by atoms with Gasteiger partial charge in [0.25, 0.3) is 0 Å². The van der Waals surface area contributed by atoms with Crippen LogP contribution < -0.4 is 10.1 Å². The van der Waals surface area contributed by atoms with E-state index in [-0.39, 0.29) is 0 Å². The first-order chi connectivity index (χ1) is 10.2. The molecule has 114 valence electrons. The van der Waals surface area contributed by atoms with Gasteiger partial charge in [-0.3, -0.25) is 0 Å². The van der Waals surface area contributed by atoms with Crippen molar-refractivity contribution in [1.29, 1.82) is 0 Å². The number of rotatable bonds is 8. The van der Waals surface area contributed by atoms with Crippen LogP contribution in [-0.2, 0) is 0 Å². The minimum absolute atomic E-state index is 0.390. The van der Waals surface area contributed by atoms with Gasteiger partial charge in [-0.2, -0.15) is 0 Å². The average Bonchev–Trinajstić information content (AvgIpc) is 3.05. The van der Waals surface area contributed by atoms with Crippen molar-refractivity contribution in [2.45, 2.75) is 39.2 Å². The van der Waals surface area contributed by atoms with Gasteiger partial charge in [-0.1, -0.05) is 32.0 Å². The molecule has 2 nitrogen and oxygen atoms in total. The van der Waals surface area contributed by atoms with Crippen LogP contribution >= 0.6 is 11.3 Å². The van der Waals surface area contributed by atoms with Gasteiger partial charge in [0.05, 0.1) is 0 Å². The molecule has 2 rings (SSSR count). The molecule has 0 aliphatic heterocycles. The normalized spacial score (nSPS) is 13.9. The Morgan fingerprint density at radius 2 is 1.90 bits per heavy atom. The second kappa shape index (κ2) is 8.20. The summed E-state index contributed by atoms with van der Waals surface area (Å²) in [7, 11) is 0. The third-order valence-corrected chi connectivity index (χ3v) is 4.91. The molecule has 2 unspecified atom stereocenters. The topological polar surface area (TPSA) is 21.3 Å². The maximum Gasteiger partial charge on any atom is 0.119 e. The minimum atomic E-state index is 0.390. The Morgan fingerprint density at radius 3 is 2.52 bits per heavy atom. The molecule has 1 aromatic heterocycles. The summed E-state index contributed by atoms with van der Waals surface area (Å²) in [5, 5.41) is 5.59. The molecule has 0 fully saturated rings. The van der Waals surface area contributed by atoms with Gasteiger partial charge in [-0.25, -0.2) is 0 Å². The van der Waals surface area contributed by atoms with Crippen LogP contribution in [0.2, 0.25) is 0 Å². The molecule has 0 spiro atoms. The van der Waals surface area contributed by atoms with Crippen LogP contribution in [0.3, 0.4) is 0 Å². The van der Waals surface area contributed by atoms with E-state index in [4.69, 9.17) is 4.74 Å². The molecular weight excluding hydrogens is 278 g/mol. The molecule has 2 atom stereocenters. The lowest BCUT2D eigenvalue weighted by atomic mass is 9.99. The maximum atomic E-state index is 5.78. The van der Waals surface area contributed by atoms with Crippen LogP contribution in [0, 0.1) is 0 Å². The molecule has 3 heteroatoms. The number of thiophene rings is 1. The lowest BCUT2D eigenvalue weighted by Crippen LogP contribution is -2.23. The fourth-order valence-electron chi connectivity index (χ4n) is 2.21. The molecule has 0 aliphatic carbocycles. The van der Waals surface area contributed by atoms with Crippen molar-refractivity contribution in [2.75, 3.05) is 13.2 Å². The fourth-order valence-corrected chi connectivity index (χ4v) is 2.97. The number of ether oxygens (including phenoxy) is 1. The van der Waals surface area contributed by atoms with Gasteiger partial charge in [0.2, 0.25) is 0 Å². The monoisotopic (exact) mass is 303 g/mol. The second-order valence-electron chi connectivity index (χ2n) is 5.42. The van der Waals surface area contributed by atoms with Crippen molar-refractivity contribution >= 4 is 11.3 Å². The lowest BCUT2D eigenvalue weighted by molar-refractivity contribution is 0.308. The molecule has 1 heterocycles. The van der Waals surface area contributed by atoms with E-state index < -0.39 is 0 Å². The van der Waals surface area contributed by atoms with Crippen molar-refractivity contribution in [3.05, 3.63) is 52.2 Å². The first-order valence-electron chi connectivity index (χ1n) is 7.70. The zero-order valence-corrected chi connectivity index (χ0v) is 14.0. The Kier molecular flexibility index (Phi) is 6.27. The highest BCUT2D eigenvalue weighted by molar-refractivity contribution is 7.10. The SMILES string of the molecule is CCC(C)c1ccc(OCCNC(C)c2cccs2)cc1. The molecule has 2 aromatic rings. The molecule has 0 aliphatic rings. The van der Waals surface area contributed by atoms with Gasteiger partial charge in [0.1, 0.15) is 12.4 Å². The third kappa shape index (κ3) is 4.87. The predicted molar refractivity (Wildman–Crippen MR) is 91.4 cm³/mol. The largest absolute Gasteiger partial charge is 0.492 e. The minimum Gasteiger partial charge on any atom is -0.492 e. The van der Waals surface area contributed by atoms with E-state index >= 15 is 0 Å². The summed E-state index contributed by atoms with van der Waals surface area (Å²) < 4.78 is 5.78. The molecule has 0 saturated heterocycles. The van der Waals surface area contributed by atoms with Gasteiger partial charge in [0.15, 0.2) is 0 Å². The highest BCUT2D eigenvalue weighted by Crippen LogP contribution is 2.21. The summed E-state index contributed by atoms with van der Waals surface area (Å²) >= 11 is 1.79. The summed E-state index contributed by atoms with van der Waals surface area (Å²) in [6.45, 7) is 8.21.